The van der Waals surface area contributed by atoms with Crippen LogP contribution in [0, 0.1) is 11.3 Å². The highest BCUT2D eigenvalue weighted by Gasteiger charge is 2.82. The van der Waals surface area contributed by atoms with Crippen LogP contribution in [0.3, 0.4) is 0 Å². The van der Waals surface area contributed by atoms with Crippen LogP contribution in [0.2, 0.25) is 5.02 Å². The predicted molar refractivity (Wildman–Crippen MR) is 125 cm³/mol. The molecule has 1 aromatic carbocycles. The van der Waals surface area contributed by atoms with E-state index in [1.54, 1.807) is 18.3 Å². The van der Waals surface area contributed by atoms with Crippen molar-refractivity contribution in [2.24, 2.45) is 11.3 Å². The van der Waals surface area contributed by atoms with E-state index >= 15 is 0 Å². The molecule has 2 aromatic rings. The summed E-state index contributed by atoms with van der Waals surface area (Å²) in [5, 5.41) is 19.5. The summed E-state index contributed by atoms with van der Waals surface area (Å²) in [5.41, 5.74) is 1.75. The molecular weight excluding hydrogens is 442 g/mol. The van der Waals surface area contributed by atoms with Crippen molar-refractivity contribution < 1.29 is 14.7 Å². The lowest BCUT2D eigenvalue weighted by atomic mass is 9.87. The zero-order chi connectivity index (χ0) is 23.4. The van der Waals surface area contributed by atoms with E-state index in [4.69, 9.17) is 16.7 Å². The smallest absolute Gasteiger partial charge is 0.335 e. The van der Waals surface area contributed by atoms with E-state index in [0.29, 0.717) is 23.1 Å². The number of halogens is 1. The number of anilines is 2. The maximum atomic E-state index is 12.8. The Labute approximate surface area is 197 Å². The van der Waals surface area contributed by atoms with Crippen LogP contribution in [0.4, 0.5) is 11.6 Å². The maximum absolute atomic E-state index is 12.8. The lowest BCUT2D eigenvalue weighted by Crippen LogP contribution is -2.39. The minimum Gasteiger partial charge on any atom is -0.478 e. The van der Waals surface area contributed by atoms with Gasteiger partial charge in [-0.25, -0.2) is 14.8 Å². The summed E-state index contributed by atoms with van der Waals surface area (Å²) >= 11 is 6.42. The molecule has 8 nitrogen and oxygen atoms in total. The van der Waals surface area contributed by atoms with E-state index in [9.17, 15) is 9.59 Å². The Kier molecular flexibility index (Phi) is 5.33. The SMILES string of the molecule is CC(C)NC(=O)[C@H]1CCCC12C[C@@]21NC1Cc1nc(Nc2ccc(C(=O)O)cc2)ncc1Cl. The molecule has 3 fully saturated rings. The molecule has 2 unspecified atom stereocenters. The van der Waals surface area contributed by atoms with Crippen molar-refractivity contribution >= 4 is 35.1 Å². The third-order valence-corrected chi connectivity index (χ3v) is 7.75. The van der Waals surface area contributed by atoms with Gasteiger partial charge in [-0.1, -0.05) is 18.0 Å². The van der Waals surface area contributed by atoms with Crippen molar-refractivity contribution in [2.45, 2.75) is 63.6 Å². The van der Waals surface area contributed by atoms with Gasteiger partial charge in [0.1, 0.15) is 0 Å². The first-order valence-electron chi connectivity index (χ1n) is 11.4. The van der Waals surface area contributed by atoms with Gasteiger partial charge in [-0.05, 0) is 57.4 Å². The average molecular weight is 470 g/mol. The number of carbonyl (C=O) groups excluding carboxylic acids is 1. The Balaban J connectivity index is 1.27. The summed E-state index contributed by atoms with van der Waals surface area (Å²) in [6.07, 6.45) is 6.43. The van der Waals surface area contributed by atoms with Crippen molar-refractivity contribution in [2.75, 3.05) is 5.32 Å². The number of hydrogen-bond donors (Lipinski definition) is 4. The van der Waals surface area contributed by atoms with Gasteiger partial charge in [0, 0.05) is 41.1 Å². The number of carboxylic acid groups (broad SMARTS) is 1. The molecule has 2 saturated carbocycles. The summed E-state index contributed by atoms with van der Waals surface area (Å²) in [7, 11) is 0. The van der Waals surface area contributed by atoms with Crippen molar-refractivity contribution in [3.8, 4) is 0 Å². The fourth-order valence-corrected chi connectivity index (χ4v) is 5.99. The summed E-state index contributed by atoms with van der Waals surface area (Å²) in [5.74, 6) is -0.300. The number of benzene rings is 1. The monoisotopic (exact) mass is 469 g/mol. The second-order valence-corrected chi connectivity index (χ2v) is 10.2. The summed E-state index contributed by atoms with van der Waals surface area (Å²) < 4.78 is 0. The number of nitrogens with zero attached hydrogens (tertiary/aromatic N) is 2. The van der Waals surface area contributed by atoms with Gasteiger partial charge in [0.25, 0.3) is 0 Å². The van der Waals surface area contributed by atoms with Gasteiger partial charge in [0.2, 0.25) is 11.9 Å². The molecule has 3 aliphatic rings. The lowest BCUT2D eigenvalue weighted by molar-refractivity contribution is -0.127. The number of amides is 1. The van der Waals surface area contributed by atoms with Crippen LogP contribution in [0.5, 0.6) is 0 Å². The fourth-order valence-electron chi connectivity index (χ4n) is 5.82. The highest BCUT2D eigenvalue weighted by atomic mass is 35.5. The molecule has 5 rings (SSSR count). The topological polar surface area (TPSA) is 126 Å². The second-order valence-electron chi connectivity index (χ2n) is 9.81. The van der Waals surface area contributed by atoms with E-state index in [-0.39, 0.29) is 40.4 Å². The molecule has 1 amide bonds. The molecule has 1 aromatic heterocycles. The molecule has 174 valence electrons. The molecule has 4 N–H and O–H groups in total. The molecule has 0 radical (unpaired) electrons. The van der Waals surface area contributed by atoms with E-state index in [1.807, 2.05) is 13.8 Å². The summed E-state index contributed by atoms with van der Waals surface area (Å²) in [4.78, 5) is 32.7. The van der Waals surface area contributed by atoms with Gasteiger partial charge in [-0.2, -0.15) is 0 Å². The van der Waals surface area contributed by atoms with Crippen LogP contribution in [0.15, 0.2) is 30.5 Å². The van der Waals surface area contributed by atoms with Crippen LogP contribution in [0.1, 0.15) is 55.6 Å². The van der Waals surface area contributed by atoms with Crippen LogP contribution >= 0.6 is 11.6 Å². The minimum absolute atomic E-state index is 0.0248. The zero-order valence-corrected chi connectivity index (χ0v) is 19.4. The molecule has 2 heterocycles. The number of aromatic carboxylic acids is 1. The maximum Gasteiger partial charge on any atom is 0.335 e. The molecule has 4 atom stereocenters. The van der Waals surface area contributed by atoms with Gasteiger partial charge in [0.05, 0.1) is 22.5 Å². The molecule has 2 aliphatic carbocycles. The van der Waals surface area contributed by atoms with Crippen LogP contribution < -0.4 is 16.0 Å². The second kappa shape index (κ2) is 7.95. The number of carboxylic acids is 1. The van der Waals surface area contributed by atoms with E-state index < -0.39 is 5.97 Å². The van der Waals surface area contributed by atoms with Crippen LogP contribution in [0.25, 0.3) is 0 Å². The summed E-state index contributed by atoms with van der Waals surface area (Å²) in [6.45, 7) is 4.01. The standard InChI is InChI=1S/C24H28ClN5O3/c1-13(2)27-20(31)16-4-3-9-23(16)12-24(23)19(30-24)10-18-17(25)11-26-22(29-18)28-15-7-5-14(6-8-15)21(32)33/h5-8,11,13,16,19,30H,3-4,9-10,12H2,1-2H3,(H,27,31)(H,32,33)(H,26,28,29)/t16-,19?,23?,24+/m1/s1. The van der Waals surface area contributed by atoms with Crippen molar-refractivity contribution in [3.63, 3.8) is 0 Å². The largest absolute Gasteiger partial charge is 0.478 e. The van der Waals surface area contributed by atoms with Gasteiger partial charge >= 0.3 is 5.97 Å². The van der Waals surface area contributed by atoms with Gasteiger partial charge in [-0.3, -0.25) is 4.79 Å². The van der Waals surface area contributed by atoms with E-state index in [2.05, 4.69) is 25.9 Å². The van der Waals surface area contributed by atoms with Gasteiger partial charge in [0.15, 0.2) is 0 Å². The third kappa shape index (κ3) is 3.85. The highest BCUT2D eigenvalue weighted by Crippen LogP contribution is 2.75. The molecule has 33 heavy (non-hydrogen) atoms. The van der Waals surface area contributed by atoms with Crippen molar-refractivity contribution in [1.29, 1.82) is 0 Å². The van der Waals surface area contributed by atoms with E-state index in [1.165, 1.54) is 12.1 Å². The third-order valence-electron chi connectivity index (χ3n) is 7.43. The number of nitrogens with one attached hydrogen (secondary N) is 3. The molecule has 1 aliphatic heterocycles. The average Bonchev–Trinajstić information content (AvgIpc) is 3.55. The Morgan fingerprint density at radius 2 is 2.06 bits per heavy atom. The lowest BCUT2D eigenvalue weighted by Gasteiger charge is -2.21. The minimum atomic E-state index is -0.971. The van der Waals surface area contributed by atoms with E-state index in [0.717, 1.165) is 31.4 Å². The van der Waals surface area contributed by atoms with Gasteiger partial charge < -0.3 is 21.1 Å². The molecule has 0 bridgehead atoms. The number of hydrogen-bond acceptors (Lipinski definition) is 6. The first-order chi connectivity index (χ1) is 15.7. The quantitative estimate of drug-likeness (QED) is 0.457. The Hall–Kier alpha value is -2.71. The fraction of sp³-hybridized carbons (Fsp3) is 0.500. The molecule has 1 saturated heterocycles. The number of fused-ring (bicyclic) bond motifs is 1. The highest BCUT2D eigenvalue weighted by molar-refractivity contribution is 6.31. The molecular formula is C24H28ClN5O3. The Morgan fingerprint density at radius 1 is 1.30 bits per heavy atom. The zero-order valence-electron chi connectivity index (χ0n) is 18.7. The number of rotatable bonds is 7. The van der Waals surface area contributed by atoms with Crippen LogP contribution in [-0.2, 0) is 11.2 Å². The van der Waals surface area contributed by atoms with Crippen molar-refractivity contribution in [1.82, 2.24) is 20.6 Å². The number of carbonyl (C=O) groups is 2. The van der Waals surface area contributed by atoms with Crippen LogP contribution in [-0.4, -0.2) is 44.6 Å². The summed E-state index contributed by atoms with van der Waals surface area (Å²) in [6, 6.07) is 6.81. The van der Waals surface area contributed by atoms with Crippen molar-refractivity contribution in [3.05, 3.63) is 46.7 Å². The Morgan fingerprint density at radius 3 is 2.76 bits per heavy atom. The molecule has 2 spiro atoms. The molecule has 9 heteroatoms. The number of aromatic nitrogens is 2. The first kappa shape index (κ1) is 22.1. The first-order valence-corrected chi connectivity index (χ1v) is 11.8. The predicted octanol–water partition coefficient (Wildman–Crippen LogP) is 3.54. The Bertz CT molecular complexity index is 1110. The van der Waals surface area contributed by atoms with Gasteiger partial charge in [-0.15, -0.1) is 0 Å². The normalized spacial score (nSPS) is 29.5.